The van der Waals surface area contributed by atoms with Gasteiger partial charge < -0.3 is 11.5 Å². The lowest BCUT2D eigenvalue weighted by molar-refractivity contribution is 0.104. The first kappa shape index (κ1) is 22.1. The minimum Gasteiger partial charge on any atom is -0.397 e. The normalized spacial score (nSPS) is 11.1. The topological polar surface area (TPSA) is 106 Å². The van der Waals surface area contributed by atoms with E-state index in [-0.39, 0.29) is 27.9 Å². The van der Waals surface area contributed by atoms with Gasteiger partial charge in [-0.2, -0.15) is 5.26 Å². The summed E-state index contributed by atoms with van der Waals surface area (Å²) in [5.41, 5.74) is 16.0. The van der Waals surface area contributed by atoms with Crippen LogP contribution in [0.1, 0.15) is 46.1 Å². The van der Waals surface area contributed by atoms with Crippen molar-refractivity contribution in [2.24, 2.45) is 0 Å². The number of nitrogen functional groups attached to an aromatic ring is 2. The van der Waals surface area contributed by atoms with Crippen LogP contribution in [0.4, 0.5) is 11.5 Å². The van der Waals surface area contributed by atoms with Crippen molar-refractivity contribution >= 4 is 62.0 Å². The van der Waals surface area contributed by atoms with Crippen LogP contribution in [0, 0.1) is 11.3 Å². The van der Waals surface area contributed by atoms with Crippen molar-refractivity contribution in [2.75, 3.05) is 11.5 Å². The third-order valence-corrected chi connectivity index (χ3v) is 7.11. The van der Waals surface area contributed by atoms with Crippen LogP contribution in [0.3, 0.4) is 0 Å². The van der Waals surface area contributed by atoms with Gasteiger partial charge in [0, 0.05) is 16.5 Å². The van der Waals surface area contributed by atoms with Crippen LogP contribution in [-0.2, 0) is 0 Å². The van der Waals surface area contributed by atoms with E-state index in [0.717, 1.165) is 16.9 Å². The highest BCUT2D eigenvalue weighted by atomic mass is 35.5. The van der Waals surface area contributed by atoms with Crippen molar-refractivity contribution in [1.29, 1.82) is 5.26 Å². The molecule has 160 valence electrons. The van der Waals surface area contributed by atoms with Crippen molar-refractivity contribution in [1.82, 2.24) is 4.98 Å². The SMILES string of the molecule is CC(C)c1ccc(-c2c(C#N)c(N)nc3sc(C(=O)c4ccc(Cl)c(Cl)c4)c(N)c23)cc1. The van der Waals surface area contributed by atoms with E-state index in [9.17, 15) is 10.1 Å². The molecule has 4 N–H and O–H groups in total. The van der Waals surface area contributed by atoms with E-state index in [4.69, 9.17) is 34.7 Å². The lowest BCUT2D eigenvalue weighted by Gasteiger charge is -2.11. The van der Waals surface area contributed by atoms with Gasteiger partial charge in [-0.15, -0.1) is 11.3 Å². The number of rotatable bonds is 4. The molecule has 2 aromatic heterocycles. The van der Waals surface area contributed by atoms with Crippen molar-refractivity contribution in [3.63, 3.8) is 0 Å². The molecule has 0 saturated heterocycles. The molecule has 0 fully saturated rings. The van der Waals surface area contributed by atoms with E-state index in [1.54, 1.807) is 12.1 Å². The lowest BCUT2D eigenvalue weighted by atomic mass is 9.94. The van der Waals surface area contributed by atoms with E-state index < -0.39 is 0 Å². The summed E-state index contributed by atoms with van der Waals surface area (Å²) in [5, 5.41) is 11.0. The Hall–Kier alpha value is -3.11. The fourth-order valence-electron chi connectivity index (χ4n) is 3.54. The molecule has 4 aromatic rings. The van der Waals surface area contributed by atoms with Crippen LogP contribution in [0.5, 0.6) is 0 Å². The van der Waals surface area contributed by atoms with Crippen molar-refractivity contribution < 1.29 is 4.79 Å². The van der Waals surface area contributed by atoms with Crippen molar-refractivity contribution in [3.8, 4) is 17.2 Å². The van der Waals surface area contributed by atoms with Gasteiger partial charge in [0.1, 0.15) is 27.2 Å². The number of carbonyl (C=O) groups excluding carboxylic acids is 1. The minimum atomic E-state index is -0.303. The second-order valence-corrected chi connectivity index (χ2v) is 9.43. The Labute approximate surface area is 199 Å². The second-order valence-electron chi connectivity index (χ2n) is 7.62. The molecule has 32 heavy (non-hydrogen) atoms. The zero-order valence-electron chi connectivity index (χ0n) is 17.2. The number of fused-ring (bicyclic) bond motifs is 1. The van der Waals surface area contributed by atoms with Crippen LogP contribution >= 0.6 is 34.5 Å². The van der Waals surface area contributed by atoms with Crippen LogP contribution < -0.4 is 11.5 Å². The number of benzene rings is 2. The quantitative estimate of drug-likeness (QED) is 0.317. The summed E-state index contributed by atoms with van der Waals surface area (Å²) in [7, 11) is 0. The molecule has 0 aliphatic rings. The number of halogens is 2. The molecule has 2 aromatic carbocycles. The predicted molar refractivity (Wildman–Crippen MR) is 133 cm³/mol. The number of ketones is 1. The summed E-state index contributed by atoms with van der Waals surface area (Å²) in [5.74, 6) is 0.156. The molecule has 0 spiro atoms. The van der Waals surface area contributed by atoms with Crippen molar-refractivity contribution in [2.45, 2.75) is 19.8 Å². The monoisotopic (exact) mass is 480 g/mol. The fourth-order valence-corrected chi connectivity index (χ4v) is 4.92. The smallest absolute Gasteiger partial charge is 0.205 e. The third-order valence-electron chi connectivity index (χ3n) is 5.27. The molecule has 0 saturated carbocycles. The average molecular weight is 481 g/mol. The first-order valence-electron chi connectivity index (χ1n) is 9.74. The Morgan fingerprint density at radius 1 is 1.09 bits per heavy atom. The number of aromatic nitrogens is 1. The molecule has 0 amide bonds. The van der Waals surface area contributed by atoms with E-state index in [2.05, 4.69) is 24.9 Å². The van der Waals surface area contributed by atoms with Gasteiger partial charge in [-0.1, -0.05) is 61.3 Å². The van der Waals surface area contributed by atoms with Crippen LogP contribution in [-0.4, -0.2) is 10.8 Å². The maximum Gasteiger partial charge on any atom is 0.205 e. The number of hydrogen-bond acceptors (Lipinski definition) is 6. The third kappa shape index (κ3) is 3.69. The highest BCUT2D eigenvalue weighted by Gasteiger charge is 2.25. The van der Waals surface area contributed by atoms with Gasteiger partial charge in [0.2, 0.25) is 5.78 Å². The highest BCUT2D eigenvalue weighted by Crippen LogP contribution is 2.43. The molecule has 5 nitrogen and oxygen atoms in total. The van der Waals surface area contributed by atoms with Crippen LogP contribution in [0.2, 0.25) is 10.0 Å². The van der Waals surface area contributed by atoms with Crippen molar-refractivity contribution in [3.05, 3.63) is 74.1 Å². The minimum absolute atomic E-state index is 0.0951. The number of pyridine rings is 1. The Morgan fingerprint density at radius 3 is 2.38 bits per heavy atom. The Morgan fingerprint density at radius 2 is 1.78 bits per heavy atom. The first-order chi connectivity index (χ1) is 15.2. The number of hydrogen-bond donors (Lipinski definition) is 2. The number of anilines is 2. The molecular formula is C24H18Cl2N4OS. The molecule has 0 aliphatic carbocycles. The largest absolute Gasteiger partial charge is 0.397 e. The summed E-state index contributed by atoms with van der Waals surface area (Å²) in [4.78, 5) is 18.4. The summed E-state index contributed by atoms with van der Waals surface area (Å²) < 4.78 is 0. The molecule has 4 rings (SSSR count). The van der Waals surface area contributed by atoms with Gasteiger partial charge in [0.15, 0.2) is 0 Å². The lowest BCUT2D eigenvalue weighted by Crippen LogP contribution is -2.03. The molecule has 0 aliphatic heterocycles. The first-order valence-corrected chi connectivity index (χ1v) is 11.3. The molecule has 0 unspecified atom stereocenters. The van der Waals surface area contributed by atoms with E-state index in [1.807, 2.05) is 24.3 Å². The van der Waals surface area contributed by atoms with Gasteiger partial charge in [-0.05, 0) is 35.2 Å². The van der Waals surface area contributed by atoms with Crippen LogP contribution in [0.15, 0.2) is 42.5 Å². The number of nitrogens with two attached hydrogens (primary N) is 2. The average Bonchev–Trinajstić information content (AvgIpc) is 3.10. The highest BCUT2D eigenvalue weighted by molar-refractivity contribution is 7.21. The van der Waals surface area contributed by atoms with Gasteiger partial charge in [-0.3, -0.25) is 4.79 Å². The van der Waals surface area contributed by atoms with Gasteiger partial charge in [-0.25, -0.2) is 4.98 Å². The molecule has 2 heterocycles. The van der Waals surface area contributed by atoms with E-state index in [0.29, 0.717) is 37.2 Å². The van der Waals surface area contributed by atoms with Gasteiger partial charge >= 0.3 is 0 Å². The van der Waals surface area contributed by atoms with Gasteiger partial charge in [0.05, 0.1) is 15.7 Å². The predicted octanol–water partition coefficient (Wildman–Crippen LogP) is 6.66. The molecule has 8 heteroatoms. The number of nitrogens with zero attached hydrogens (tertiary/aromatic N) is 2. The standard InChI is InChI=1S/C24H18Cl2N4OS/c1-11(2)12-3-5-13(6-4-12)18-15(10-27)23(29)30-24-19(18)20(28)22(32-24)21(31)14-7-8-16(25)17(26)9-14/h3-9,11H,28H2,1-2H3,(H2,29,30). The summed E-state index contributed by atoms with van der Waals surface area (Å²) in [6.45, 7) is 4.21. The van der Waals surface area contributed by atoms with E-state index in [1.165, 1.54) is 11.6 Å². The number of thiophene rings is 1. The summed E-state index contributed by atoms with van der Waals surface area (Å²) >= 11 is 13.2. The van der Waals surface area contributed by atoms with Gasteiger partial charge in [0.25, 0.3) is 0 Å². The maximum absolute atomic E-state index is 13.2. The zero-order valence-corrected chi connectivity index (χ0v) is 19.6. The molecule has 0 radical (unpaired) electrons. The second kappa shape index (κ2) is 8.44. The number of carbonyl (C=O) groups is 1. The summed E-state index contributed by atoms with van der Waals surface area (Å²) in [6.07, 6.45) is 0. The fraction of sp³-hybridized carbons (Fsp3) is 0.125. The van der Waals surface area contributed by atoms with Crippen LogP contribution in [0.25, 0.3) is 21.3 Å². The summed E-state index contributed by atoms with van der Waals surface area (Å²) in [6, 6.07) is 14.7. The zero-order chi connectivity index (χ0) is 23.2. The Balaban J connectivity index is 1.96. The maximum atomic E-state index is 13.2. The molecular weight excluding hydrogens is 463 g/mol. The Bertz CT molecular complexity index is 1420. The molecule has 0 bridgehead atoms. The van der Waals surface area contributed by atoms with E-state index >= 15 is 0 Å². The molecule has 0 atom stereocenters. The number of nitriles is 1. The Kier molecular flexibility index (Phi) is 5.83.